The molecule has 0 amide bonds. The molecule has 542 valence electrons. The topological polar surface area (TPSA) is 16.2 Å². The second-order valence-corrected chi connectivity index (χ2v) is 28.6. The summed E-state index contributed by atoms with van der Waals surface area (Å²) in [4.78, 5) is 6.33. The van der Waals surface area contributed by atoms with Crippen LogP contribution in [0.2, 0.25) is 0 Å². The summed E-state index contributed by atoms with van der Waals surface area (Å²) in [6.07, 6.45) is -10.9. The molecule has 0 radical (unpaired) electrons. The summed E-state index contributed by atoms with van der Waals surface area (Å²) in [5, 5.41) is 0. The number of fused-ring (bicyclic) bond motifs is 8. The van der Waals surface area contributed by atoms with E-state index >= 15 is 52.7 Å². The highest BCUT2D eigenvalue weighted by molar-refractivity contribution is 8.00. The minimum atomic E-state index is -5.55. The summed E-state index contributed by atoms with van der Waals surface area (Å²) in [7, 11) is 0. The van der Waals surface area contributed by atoms with E-state index in [-0.39, 0.29) is 72.0 Å². The Morgan fingerprint density at radius 1 is 0.277 bits per heavy atom. The van der Waals surface area contributed by atoms with Crippen LogP contribution in [0.15, 0.2) is 331 Å². The fraction of sp³-hybridized carbons (Fsp3) is 0.0217. The zero-order valence-electron chi connectivity index (χ0n) is 58.4. The molecule has 0 saturated carbocycles. The molecule has 0 spiro atoms. The first kappa shape index (κ1) is 69.4. The smallest absolute Gasteiger partial charge is 0.310 e. The van der Waals surface area contributed by atoms with Crippen LogP contribution in [-0.4, -0.2) is 13.4 Å². The van der Waals surface area contributed by atoms with E-state index in [0.29, 0.717) is 39.7 Å². The monoisotopic (exact) mass is 1510 g/mol. The van der Waals surface area contributed by atoms with Crippen molar-refractivity contribution < 1.29 is 52.7 Å². The molecule has 4 aliphatic heterocycles. The van der Waals surface area contributed by atoms with Gasteiger partial charge in [0, 0.05) is 66.5 Å². The molecule has 0 N–H and O–H groups in total. The maximum atomic E-state index is 18.7. The molecule has 19 rings (SSSR count). The average Bonchev–Trinajstić information content (AvgIpc) is 0.674. The zero-order valence-corrected chi connectivity index (χ0v) is 59.3. The second kappa shape index (κ2) is 26.9. The second-order valence-electron chi connectivity index (χ2n) is 27.6. The number of hydrogen-bond acceptors (Lipinski definition) is 6. The van der Waals surface area contributed by atoms with E-state index in [1.54, 1.807) is 97.1 Å². The van der Waals surface area contributed by atoms with Gasteiger partial charge in [-0.3, -0.25) is 0 Å². The minimum absolute atomic E-state index is 0.00263. The quantitative estimate of drug-likeness (QED) is 0.0889. The van der Waals surface area contributed by atoms with Crippen LogP contribution in [0.3, 0.4) is 0 Å². The maximum absolute atomic E-state index is 18.7. The van der Waals surface area contributed by atoms with E-state index < -0.39 is 111 Å². The molecule has 20 heteroatoms. The van der Waals surface area contributed by atoms with Crippen molar-refractivity contribution in [2.75, 3.05) is 24.5 Å². The van der Waals surface area contributed by atoms with Gasteiger partial charge < -0.3 is 24.5 Å². The van der Waals surface area contributed by atoms with Gasteiger partial charge in [0.15, 0.2) is 0 Å². The molecule has 0 aromatic heterocycles. The van der Waals surface area contributed by atoms with Gasteiger partial charge in [0.1, 0.15) is 52.0 Å². The first-order valence-electron chi connectivity index (χ1n) is 35.8. The van der Waals surface area contributed by atoms with Crippen molar-refractivity contribution in [1.29, 1.82) is 0 Å². The van der Waals surface area contributed by atoms with Crippen LogP contribution >= 0.6 is 11.8 Å². The van der Waals surface area contributed by atoms with Crippen molar-refractivity contribution in [1.82, 2.24) is 0 Å². The lowest BCUT2D eigenvalue weighted by Crippen LogP contribution is -2.65. The lowest BCUT2D eigenvalue weighted by molar-refractivity contribution is -0.139. The highest BCUT2D eigenvalue weighted by Crippen LogP contribution is 2.58. The summed E-state index contributed by atoms with van der Waals surface area (Å²) >= 11 is 0.692. The molecule has 0 atom stereocenters. The lowest BCUT2D eigenvalue weighted by atomic mass is 9.30. The molecule has 15 aromatic rings. The predicted octanol–water partition coefficient (Wildman–Crippen LogP) is 23.3. The van der Waals surface area contributed by atoms with Crippen molar-refractivity contribution in [3.63, 3.8) is 0 Å². The van der Waals surface area contributed by atoms with Crippen LogP contribution < -0.4 is 57.3 Å². The molecule has 0 bridgehead atoms. The van der Waals surface area contributed by atoms with Gasteiger partial charge in [0.05, 0.1) is 28.2 Å². The van der Waals surface area contributed by atoms with E-state index in [2.05, 4.69) is 0 Å². The van der Waals surface area contributed by atoms with E-state index in [4.69, 9.17) is 0 Å². The van der Waals surface area contributed by atoms with Crippen LogP contribution in [0, 0.1) is 34.9 Å². The number of para-hydroxylation sites is 7. The summed E-state index contributed by atoms with van der Waals surface area (Å²) < 4.78 is 211. The Hall–Kier alpha value is -13.1. The van der Waals surface area contributed by atoms with Crippen LogP contribution in [0.4, 0.5) is 138 Å². The SMILES string of the molecule is Fc1cccc(F)c1N(c1ccccc1)c1cc2c3c(c1)N(c1c(-c4ccccc4)cccc1C(F)(F)F)c1c(cc4c(c1C(F)(F)F)Sc1cc(N(c5ccc(-c6ccccc6)cc5)c5ccc(-c6ccccc6)cc5)cc5c1B4c1ccccc1N5c1c(F)cccc1F)B3c1ccccc1N2c1c(F)cccc1F. The molecular weight excluding hydrogens is 1460 g/mol. The Morgan fingerprint density at radius 2 is 0.679 bits per heavy atom. The highest BCUT2D eigenvalue weighted by Gasteiger charge is 2.54. The number of halogens is 12. The van der Waals surface area contributed by atoms with Gasteiger partial charge in [-0.25, -0.2) is 26.3 Å². The van der Waals surface area contributed by atoms with Gasteiger partial charge in [-0.2, -0.15) is 26.3 Å². The van der Waals surface area contributed by atoms with Crippen molar-refractivity contribution in [2.24, 2.45) is 0 Å². The maximum Gasteiger partial charge on any atom is 0.419 e. The Morgan fingerprint density at radius 3 is 1.17 bits per heavy atom. The van der Waals surface area contributed by atoms with E-state index in [1.807, 2.05) is 114 Å². The molecule has 0 unspecified atom stereocenters. The lowest BCUT2D eigenvalue weighted by Gasteiger charge is -2.47. The van der Waals surface area contributed by atoms with Crippen molar-refractivity contribution in [3.05, 3.63) is 368 Å². The van der Waals surface area contributed by atoms with Crippen LogP contribution in [0.5, 0.6) is 0 Å². The van der Waals surface area contributed by atoms with Gasteiger partial charge in [-0.05, 0) is 170 Å². The van der Waals surface area contributed by atoms with Crippen molar-refractivity contribution >= 4 is 143 Å². The number of anilines is 15. The summed E-state index contributed by atoms with van der Waals surface area (Å²) in [5.41, 5.74) is -1.28. The third-order valence-corrected chi connectivity index (χ3v) is 22.5. The number of rotatable bonds is 12. The normalized spacial score (nSPS) is 13.1. The Bertz CT molecular complexity index is 6140. The molecule has 4 heterocycles. The first-order valence-corrected chi connectivity index (χ1v) is 36.6. The standard InChI is InChI=1S/C92H53B2F12N5S/c95-70-33-18-34-71(96)87(70)108(59-27-11-4-12-28-59)62-49-78-83-79(50-62)111(85-64(58-25-9-3-10-26-58)29-17-30-65(85)91(101,102)103)86-68(93(83)66-31-13-15-39-76(66)109(78)88-72(97)35-19-36-73(88)98)53-69-90(82(86)92(104,105)106)112-81-52-63(51-80-84(81)94(69)67-32-14-16-40-77(67)110(80)89-74(99)37-20-38-75(89)100)107(60-45-41-56(42-46-60)54-21-5-1-6-22-54)61-47-43-57(44-48-61)55-23-7-2-8-24-55/h1-53H. The van der Waals surface area contributed by atoms with Crippen molar-refractivity contribution in [2.45, 2.75) is 22.1 Å². The molecule has 5 nitrogen and oxygen atoms in total. The molecule has 0 saturated heterocycles. The molecule has 0 fully saturated rings. The van der Waals surface area contributed by atoms with Gasteiger partial charge in [0.2, 0.25) is 6.71 Å². The fourth-order valence-corrected chi connectivity index (χ4v) is 18.1. The third kappa shape index (κ3) is 11.3. The number of hydrogen-bond donors (Lipinski definition) is 0. The Kier molecular flexibility index (Phi) is 16.7. The number of benzene rings is 15. The summed E-state index contributed by atoms with van der Waals surface area (Å²) in [6.45, 7) is -2.77. The number of alkyl halides is 6. The largest absolute Gasteiger partial charge is 0.419 e. The molecular formula is C92H53B2F12N5S. The third-order valence-electron chi connectivity index (χ3n) is 21.3. The van der Waals surface area contributed by atoms with Gasteiger partial charge in [0.25, 0.3) is 6.71 Å². The van der Waals surface area contributed by atoms with Gasteiger partial charge in [-0.15, -0.1) is 0 Å². The molecule has 0 aliphatic carbocycles. The van der Waals surface area contributed by atoms with E-state index in [0.717, 1.165) is 92.7 Å². The summed E-state index contributed by atoms with van der Waals surface area (Å²) in [6, 6.07) is 83.8. The van der Waals surface area contributed by atoms with Crippen LogP contribution in [-0.2, 0) is 12.4 Å². The van der Waals surface area contributed by atoms with Crippen LogP contribution in [0.1, 0.15) is 11.1 Å². The predicted molar refractivity (Wildman–Crippen MR) is 426 cm³/mol. The van der Waals surface area contributed by atoms with Crippen molar-refractivity contribution in [3.8, 4) is 33.4 Å². The Labute approximate surface area is 639 Å². The molecule has 15 aromatic carbocycles. The Balaban J connectivity index is 0.958. The fourth-order valence-electron chi connectivity index (χ4n) is 16.7. The minimum Gasteiger partial charge on any atom is -0.310 e. The van der Waals surface area contributed by atoms with Gasteiger partial charge in [-0.1, -0.05) is 223 Å². The first-order chi connectivity index (χ1) is 54.4. The molecule has 4 aliphatic rings. The van der Waals surface area contributed by atoms with Gasteiger partial charge >= 0.3 is 12.4 Å². The van der Waals surface area contributed by atoms with E-state index in [9.17, 15) is 0 Å². The highest BCUT2D eigenvalue weighted by atomic mass is 32.2. The van der Waals surface area contributed by atoms with Crippen LogP contribution in [0.25, 0.3) is 33.4 Å². The molecule has 112 heavy (non-hydrogen) atoms. The zero-order chi connectivity index (χ0) is 76.6. The summed E-state index contributed by atoms with van der Waals surface area (Å²) in [5.74, 6) is -6.43. The van der Waals surface area contributed by atoms with E-state index in [1.165, 1.54) is 64.4 Å². The number of nitrogens with zero attached hydrogens (tertiary/aromatic N) is 5. The average molecular weight is 1510 g/mol.